The first kappa shape index (κ1) is 18.6. The van der Waals surface area contributed by atoms with E-state index in [1.807, 2.05) is 78.2 Å². The minimum Gasteiger partial charge on any atom is -0.239 e. The van der Waals surface area contributed by atoms with E-state index >= 15 is 0 Å². The number of benzene rings is 2. The van der Waals surface area contributed by atoms with Crippen LogP contribution in [0.1, 0.15) is 5.56 Å². The van der Waals surface area contributed by atoms with Crippen molar-refractivity contribution in [2.45, 2.75) is 11.4 Å². The molecule has 0 aliphatic heterocycles. The molecule has 0 radical (unpaired) electrons. The molecule has 0 N–H and O–H groups in total. The van der Waals surface area contributed by atoms with Gasteiger partial charge in [-0.2, -0.15) is 9.40 Å². The van der Waals surface area contributed by atoms with E-state index in [9.17, 15) is 8.42 Å². The van der Waals surface area contributed by atoms with E-state index in [1.165, 1.54) is 15.6 Å². The predicted molar refractivity (Wildman–Crippen MR) is 112 cm³/mol. The normalized spacial score (nSPS) is 11.8. The largest absolute Gasteiger partial charge is 0.246 e. The summed E-state index contributed by atoms with van der Waals surface area (Å²) in [7, 11) is -2.13. The van der Waals surface area contributed by atoms with Crippen molar-refractivity contribution in [3.05, 3.63) is 89.9 Å². The van der Waals surface area contributed by atoms with Gasteiger partial charge in [0.05, 0.1) is 16.8 Å². The van der Waals surface area contributed by atoms with Crippen LogP contribution in [0.25, 0.3) is 16.3 Å². The molecule has 0 fully saturated rings. The second-order valence-corrected chi connectivity index (χ2v) is 9.31. The van der Waals surface area contributed by atoms with Gasteiger partial charge in [0.25, 0.3) is 0 Å². The summed E-state index contributed by atoms with van der Waals surface area (Å²) in [4.78, 5) is 1.03. The molecule has 0 spiro atoms. The van der Waals surface area contributed by atoms with Crippen molar-refractivity contribution < 1.29 is 8.42 Å². The van der Waals surface area contributed by atoms with Crippen LogP contribution < -0.4 is 0 Å². The van der Waals surface area contributed by atoms with Crippen LogP contribution in [0, 0.1) is 0 Å². The molecule has 5 nitrogen and oxygen atoms in total. The average molecular weight is 410 g/mol. The summed E-state index contributed by atoms with van der Waals surface area (Å²) in [6, 6.07) is 22.8. The summed E-state index contributed by atoms with van der Waals surface area (Å²) >= 11 is 1.47. The molecular formula is C21H19N3O2S2. The molecule has 4 aromatic rings. The first-order valence-electron chi connectivity index (χ1n) is 8.75. The van der Waals surface area contributed by atoms with Gasteiger partial charge in [-0.05, 0) is 29.1 Å². The molecule has 142 valence electrons. The molecule has 0 saturated heterocycles. The van der Waals surface area contributed by atoms with Crippen LogP contribution in [0.4, 0.5) is 0 Å². The molecule has 0 saturated carbocycles. The van der Waals surface area contributed by atoms with Crippen LogP contribution >= 0.6 is 11.3 Å². The van der Waals surface area contributed by atoms with Crippen molar-refractivity contribution in [3.8, 4) is 16.3 Å². The molecule has 7 heteroatoms. The monoisotopic (exact) mass is 409 g/mol. The number of para-hydroxylation sites is 1. The summed E-state index contributed by atoms with van der Waals surface area (Å²) in [6.45, 7) is 0.295. The van der Waals surface area contributed by atoms with Crippen molar-refractivity contribution in [2.24, 2.45) is 0 Å². The van der Waals surface area contributed by atoms with E-state index in [0.717, 1.165) is 16.1 Å². The molecule has 0 unspecified atom stereocenters. The van der Waals surface area contributed by atoms with Gasteiger partial charge in [0.1, 0.15) is 10.6 Å². The summed E-state index contributed by atoms with van der Waals surface area (Å²) in [6.07, 6.45) is 1.60. The van der Waals surface area contributed by atoms with Crippen LogP contribution in [-0.2, 0) is 16.6 Å². The van der Waals surface area contributed by atoms with Gasteiger partial charge in [0.15, 0.2) is 0 Å². The standard InChI is InChI=1S/C21H19N3O2S2/c1-23(15-17-9-4-2-5-10-17)28(25,26)20-16-24(18-11-6-3-7-12-18)22-21(20)19-13-8-14-27-19/h2-14,16H,15H2,1H3. The number of rotatable bonds is 6. The third kappa shape index (κ3) is 3.64. The Hall–Kier alpha value is -2.74. The highest BCUT2D eigenvalue weighted by Gasteiger charge is 2.28. The first-order valence-corrected chi connectivity index (χ1v) is 11.1. The SMILES string of the molecule is CN(Cc1ccccc1)S(=O)(=O)c1cn(-c2ccccc2)nc1-c1cccs1. The Balaban J connectivity index is 1.78. The lowest BCUT2D eigenvalue weighted by Crippen LogP contribution is -2.26. The fourth-order valence-electron chi connectivity index (χ4n) is 2.94. The molecule has 0 aliphatic rings. The number of nitrogens with zero attached hydrogens (tertiary/aromatic N) is 3. The third-order valence-electron chi connectivity index (χ3n) is 4.39. The summed E-state index contributed by atoms with van der Waals surface area (Å²) in [5.74, 6) is 0. The molecule has 0 bridgehead atoms. The fraction of sp³-hybridized carbons (Fsp3) is 0.0952. The maximum absolute atomic E-state index is 13.4. The van der Waals surface area contributed by atoms with Crippen molar-refractivity contribution in [1.82, 2.24) is 14.1 Å². The van der Waals surface area contributed by atoms with Crippen LogP contribution in [-0.4, -0.2) is 29.6 Å². The fourth-order valence-corrected chi connectivity index (χ4v) is 5.01. The molecule has 2 aromatic carbocycles. The Kier molecular flexibility index (Phi) is 5.13. The molecular weight excluding hydrogens is 390 g/mol. The summed E-state index contributed by atoms with van der Waals surface area (Å²) < 4.78 is 29.7. The minimum absolute atomic E-state index is 0.206. The Morgan fingerprint density at radius 2 is 1.64 bits per heavy atom. The van der Waals surface area contributed by atoms with Crippen molar-refractivity contribution in [1.29, 1.82) is 0 Å². The van der Waals surface area contributed by atoms with E-state index in [4.69, 9.17) is 0 Å². The van der Waals surface area contributed by atoms with Crippen molar-refractivity contribution in [3.63, 3.8) is 0 Å². The number of sulfonamides is 1. The topological polar surface area (TPSA) is 55.2 Å². The number of hydrogen-bond donors (Lipinski definition) is 0. The molecule has 2 heterocycles. The average Bonchev–Trinajstić information content (AvgIpc) is 3.39. The lowest BCUT2D eigenvalue weighted by atomic mass is 10.2. The Labute approximate surface area is 168 Å². The molecule has 4 rings (SSSR count). The van der Waals surface area contributed by atoms with Gasteiger partial charge in [-0.15, -0.1) is 11.3 Å². The molecule has 0 amide bonds. The second-order valence-electron chi connectivity index (χ2n) is 6.35. The Bertz CT molecular complexity index is 1150. The highest BCUT2D eigenvalue weighted by Crippen LogP contribution is 2.32. The van der Waals surface area contributed by atoms with Crippen LogP contribution in [0.2, 0.25) is 0 Å². The number of hydrogen-bond acceptors (Lipinski definition) is 4. The zero-order chi connectivity index (χ0) is 19.6. The lowest BCUT2D eigenvalue weighted by molar-refractivity contribution is 0.467. The van der Waals surface area contributed by atoms with Crippen molar-refractivity contribution >= 4 is 21.4 Å². The van der Waals surface area contributed by atoms with Gasteiger partial charge in [0.2, 0.25) is 10.0 Å². The highest BCUT2D eigenvalue weighted by molar-refractivity contribution is 7.89. The summed E-state index contributed by atoms with van der Waals surface area (Å²) in [5.41, 5.74) is 2.22. The third-order valence-corrected chi connectivity index (χ3v) is 7.07. The van der Waals surface area contributed by atoms with E-state index in [1.54, 1.807) is 17.9 Å². The number of aromatic nitrogens is 2. The Morgan fingerprint density at radius 3 is 2.29 bits per heavy atom. The second kappa shape index (κ2) is 7.71. The lowest BCUT2D eigenvalue weighted by Gasteiger charge is -2.17. The maximum Gasteiger partial charge on any atom is 0.246 e. The number of thiophene rings is 1. The van der Waals surface area contributed by atoms with E-state index in [-0.39, 0.29) is 4.90 Å². The zero-order valence-electron chi connectivity index (χ0n) is 15.3. The zero-order valence-corrected chi connectivity index (χ0v) is 16.9. The van der Waals surface area contributed by atoms with Gasteiger partial charge in [-0.3, -0.25) is 0 Å². The van der Waals surface area contributed by atoms with Crippen LogP contribution in [0.5, 0.6) is 0 Å². The smallest absolute Gasteiger partial charge is 0.239 e. The van der Waals surface area contributed by atoms with Crippen LogP contribution in [0.15, 0.2) is 89.3 Å². The van der Waals surface area contributed by atoms with E-state index in [2.05, 4.69) is 5.10 Å². The first-order chi connectivity index (χ1) is 13.6. The Morgan fingerprint density at radius 1 is 0.964 bits per heavy atom. The molecule has 0 atom stereocenters. The van der Waals surface area contributed by atoms with Gasteiger partial charge in [-0.25, -0.2) is 13.1 Å². The van der Waals surface area contributed by atoms with E-state index in [0.29, 0.717) is 12.2 Å². The molecule has 0 aliphatic carbocycles. The molecule has 28 heavy (non-hydrogen) atoms. The van der Waals surface area contributed by atoms with E-state index < -0.39 is 10.0 Å². The van der Waals surface area contributed by atoms with Gasteiger partial charge in [0, 0.05) is 13.6 Å². The quantitative estimate of drug-likeness (QED) is 0.474. The van der Waals surface area contributed by atoms with Gasteiger partial charge in [-0.1, -0.05) is 54.6 Å². The maximum atomic E-state index is 13.4. The molecule has 2 aromatic heterocycles. The van der Waals surface area contributed by atoms with Gasteiger partial charge >= 0.3 is 0 Å². The van der Waals surface area contributed by atoms with Crippen molar-refractivity contribution in [2.75, 3.05) is 7.05 Å². The minimum atomic E-state index is -3.72. The highest BCUT2D eigenvalue weighted by atomic mass is 32.2. The van der Waals surface area contributed by atoms with Crippen LogP contribution in [0.3, 0.4) is 0 Å². The summed E-state index contributed by atoms with van der Waals surface area (Å²) in [5, 5.41) is 6.52. The van der Waals surface area contributed by atoms with Gasteiger partial charge < -0.3 is 0 Å². The predicted octanol–water partition coefficient (Wildman–Crippen LogP) is 4.42.